The standard InChI is InChI=1S/C7H19N3O2S/c1-3-5-9-6-4-7-10(2)13(8,11)12/h9H,3-7H2,1-2H3,(H2,8,11,12). The lowest BCUT2D eigenvalue weighted by Gasteiger charge is -2.12. The van der Waals surface area contributed by atoms with Crippen molar-refractivity contribution in [3.63, 3.8) is 0 Å². The Morgan fingerprint density at radius 2 is 2.00 bits per heavy atom. The minimum absolute atomic E-state index is 0.468. The third-order valence-electron chi connectivity index (χ3n) is 1.69. The molecule has 3 N–H and O–H groups in total. The van der Waals surface area contributed by atoms with Crippen LogP contribution in [0.4, 0.5) is 0 Å². The van der Waals surface area contributed by atoms with Gasteiger partial charge in [-0.2, -0.15) is 12.7 Å². The van der Waals surface area contributed by atoms with E-state index in [1.807, 2.05) is 0 Å². The molecule has 0 unspecified atom stereocenters. The highest BCUT2D eigenvalue weighted by molar-refractivity contribution is 7.86. The third kappa shape index (κ3) is 6.94. The summed E-state index contributed by atoms with van der Waals surface area (Å²) in [6.07, 6.45) is 1.87. The summed E-state index contributed by atoms with van der Waals surface area (Å²) in [6.45, 7) is 4.35. The maximum absolute atomic E-state index is 10.7. The molecule has 6 heteroatoms. The molecule has 0 atom stereocenters. The number of nitrogens with two attached hydrogens (primary N) is 1. The van der Waals surface area contributed by atoms with Crippen LogP contribution in [0.25, 0.3) is 0 Å². The summed E-state index contributed by atoms with van der Waals surface area (Å²) in [5.41, 5.74) is 0. The van der Waals surface area contributed by atoms with Crippen molar-refractivity contribution >= 4 is 10.2 Å². The van der Waals surface area contributed by atoms with E-state index in [0.717, 1.165) is 30.2 Å². The second-order valence-corrected chi connectivity index (χ2v) is 4.62. The van der Waals surface area contributed by atoms with Gasteiger partial charge in [-0.05, 0) is 25.9 Å². The van der Waals surface area contributed by atoms with Crippen molar-refractivity contribution < 1.29 is 8.42 Å². The molecule has 13 heavy (non-hydrogen) atoms. The quantitative estimate of drug-likeness (QED) is 0.556. The Hall–Kier alpha value is -0.170. The lowest BCUT2D eigenvalue weighted by atomic mass is 10.4. The summed E-state index contributed by atoms with van der Waals surface area (Å²) >= 11 is 0. The highest BCUT2D eigenvalue weighted by atomic mass is 32.2. The van der Waals surface area contributed by atoms with Crippen molar-refractivity contribution in [3.8, 4) is 0 Å². The van der Waals surface area contributed by atoms with Crippen molar-refractivity contribution in [1.82, 2.24) is 9.62 Å². The van der Waals surface area contributed by atoms with E-state index in [0.29, 0.717) is 6.54 Å². The van der Waals surface area contributed by atoms with Gasteiger partial charge < -0.3 is 5.32 Å². The van der Waals surface area contributed by atoms with Crippen LogP contribution in [0.5, 0.6) is 0 Å². The molecule has 0 aromatic heterocycles. The van der Waals surface area contributed by atoms with E-state index < -0.39 is 10.2 Å². The van der Waals surface area contributed by atoms with E-state index in [9.17, 15) is 8.42 Å². The van der Waals surface area contributed by atoms with Crippen LogP contribution in [0.2, 0.25) is 0 Å². The van der Waals surface area contributed by atoms with Crippen molar-refractivity contribution in [1.29, 1.82) is 0 Å². The molecule has 0 aliphatic heterocycles. The zero-order valence-corrected chi connectivity index (χ0v) is 9.10. The highest BCUT2D eigenvalue weighted by Crippen LogP contribution is 1.90. The fraction of sp³-hybridized carbons (Fsp3) is 1.00. The molecule has 0 amide bonds. The van der Waals surface area contributed by atoms with Gasteiger partial charge in [0.1, 0.15) is 0 Å². The van der Waals surface area contributed by atoms with Gasteiger partial charge in [-0.15, -0.1) is 0 Å². The smallest absolute Gasteiger partial charge is 0.276 e. The van der Waals surface area contributed by atoms with Gasteiger partial charge in [-0.1, -0.05) is 6.92 Å². The fourth-order valence-electron chi connectivity index (χ4n) is 0.856. The average Bonchev–Trinajstić information content (AvgIpc) is 2.02. The lowest BCUT2D eigenvalue weighted by Crippen LogP contribution is -2.35. The molecule has 0 aliphatic rings. The van der Waals surface area contributed by atoms with Crippen LogP contribution in [0.1, 0.15) is 19.8 Å². The van der Waals surface area contributed by atoms with Crippen LogP contribution in [0, 0.1) is 0 Å². The molecule has 0 radical (unpaired) electrons. The molecule has 0 spiro atoms. The Morgan fingerprint density at radius 3 is 2.46 bits per heavy atom. The average molecular weight is 209 g/mol. The van der Waals surface area contributed by atoms with Crippen molar-refractivity contribution in [3.05, 3.63) is 0 Å². The predicted octanol–water partition coefficient (Wildman–Crippen LogP) is -0.489. The van der Waals surface area contributed by atoms with E-state index in [1.165, 1.54) is 7.05 Å². The number of nitrogens with one attached hydrogen (secondary N) is 1. The summed E-state index contributed by atoms with van der Waals surface area (Å²) in [5.74, 6) is 0. The summed E-state index contributed by atoms with van der Waals surface area (Å²) in [6, 6.07) is 0. The largest absolute Gasteiger partial charge is 0.317 e. The number of hydrogen-bond donors (Lipinski definition) is 2. The first-order valence-corrected chi connectivity index (χ1v) is 5.93. The van der Waals surface area contributed by atoms with Crippen LogP contribution >= 0.6 is 0 Å². The Bertz CT molecular complexity index is 216. The molecule has 0 aromatic carbocycles. The first kappa shape index (κ1) is 12.8. The van der Waals surface area contributed by atoms with Crippen LogP contribution in [-0.2, 0) is 10.2 Å². The van der Waals surface area contributed by atoms with E-state index in [2.05, 4.69) is 12.2 Å². The van der Waals surface area contributed by atoms with Crippen LogP contribution in [0.3, 0.4) is 0 Å². The van der Waals surface area contributed by atoms with Crippen molar-refractivity contribution in [2.45, 2.75) is 19.8 Å². The van der Waals surface area contributed by atoms with E-state index in [4.69, 9.17) is 5.14 Å². The zero-order chi connectivity index (χ0) is 10.3. The number of rotatable bonds is 7. The van der Waals surface area contributed by atoms with Crippen LogP contribution < -0.4 is 10.5 Å². The zero-order valence-electron chi connectivity index (χ0n) is 8.28. The number of nitrogens with zero attached hydrogens (tertiary/aromatic N) is 1. The topological polar surface area (TPSA) is 75.4 Å². The van der Waals surface area contributed by atoms with Gasteiger partial charge in [0.15, 0.2) is 0 Å². The second-order valence-electron chi connectivity index (χ2n) is 2.97. The molecule has 0 rings (SSSR count). The van der Waals surface area contributed by atoms with E-state index in [1.54, 1.807) is 0 Å². The molecule has 80 valence electrons. The highest BCUT2D eigenvalue weighted by Gasteiger charge is 2.09. The lowest BCUT2D eigenvalue weighted by molar-refractivity contribution is 0.455. The molecule has 0 saturated carbocycles. The molecular weight excluding hydrogens is 190 g/mol. The molecular formula is C7H19N3O2S. The molecule has 0 fully saturated rings. The summed E-state index contributed by atoms with van der Waals surface area (Å²) in [7, 11) is -2.01. The van der Waals surface area contributed by atoms with Gasteiger partial charge in [0.25, 0.3) is 10.2 Å². The minimum Gasteiger partial charge on any atom is -0.317 e. The van der Waals surface area contributed by atoms with E-state index in [-0.39, 0.29) is 0 Å². The summed E-state index contributed by atoms with van der Waals surface area (Å²) < 4.78 is 22.6. The predicted molar refractivity (Wildman–Crippen MR) is 53.5 cm³/mol. The molecule has 0 saturated heterocycles. The van der Waals surface area contributed by atoms with Gasteiger partial charge in [-0.3, -0.25) is 0 Å². The normalized spacial score (nSPS) is 12.3. The SMILES string of the molecule is CCCNCCCN(C)S(N)(=O)=O. The molecule has 0 heterocycles. The Labute approximate surface area is 80.5 Å². The van der Waals surface area contributed by atoms with Crippen molar-refractivity contribution in [2.75, 3.05) is 26.7 Å². The monoisotopic (exact) mass is 209 g/mol. The van der Waals surface area contributed by atoms with E-state index >= 15 is 0 Å². The maximum Gasteiger partial charge on any atom is 0.276 e. The molecule has 0 aromatic rings. The summed E-state index contributed by atoms with van der Waals surface area (Å²) in [4.78, 5) is 0. The fourth-order valence-corrected chi connectivity index (χ4v) is 1.24. The van der Waals surface area contributed by atoms with Gasteiger partial charge in [0.05, 0.1) is 0 Å². The molecule has 0 bridgehead atoms. The first-order chi connectivity index (χ1) is 5.98. The third-order valence-corrected chi connectivity index (χ3v) is 2.74. The van der Waals surface area contributed by atoms with Gasteiger partial charge in [0.2, 0.25) is 0 Å². The summed E-state index contributed by atoms with van der Waals surface area (Å²) in [5, 5.41) is 8.08. The first-order valence-electron chi connectivity index (χ1n) is 4.43. The Kier molecular flexibility index (Phi) is 6.23. The van der Waals surface area contributed by atoms with Crippen molar-refractivity contribution in [2.24, 2.45) is 5.14 Å². The van der Waals surface area contributed by atoms with Gasteiger partial charge in [-0.25, -0.2) is 5.14 Å². The van der Waals surface area contributed by atoms with Gasteiger partial charge in [0, 0.05) is 13.6 Å². The molecule has 0 aliphatic carbocycles. The van der Waals surface area contributed by atoms with Crippen LogP contribution in [-0.4, -0.2) is 39.4 Å². The number of hydrogen-bond acceptors (Lipinski definition) is 3. The maximum atomic E-state index is 10.7. The molecule has 5 nitrogen and oxygen atoms in total. The van der Waals surface area contributed by atoms with Crippen LogP contribution in [0.15, 0.2) is 0 Å². The Balaban J connectivity index is 3.44. The Morgan fingerprint density at radius 1 is 1.38 bits per heavy atom. The minimum atomic E-state index is -3.49. The van der Waals surface area contributed by atoms with Gasteiger partial charge >= 0.3 is 0 Å². The second kappa shape index (κ2) is 6.31.